The summed E-state index contributed by atoms with van der Waals surface area (Å²) in [6.07, 6.45) is 2.40. The first-order valence-corrected chi connectivity index (χ1v) is 7.43. The molecule has 1 amide bonds. The zero-order chi connectivity index (χ0) is 15.4. The van der Waals surface area contributed by atoms with Gasteiger partial charge in [-0.1, -0.05) is 18.2 Å². The number of nitrogens with one attached hydrogen (secondary N) is 1. The summed E-state index contributed by atoms with van der Waals surface area (Å²) in [6, 6.07) is 13.3. The third kappa shape index (κ3) is 3.39. The molecule has 0 radical (unpaired) electrons. The maximum absolute atomic E-state index is 12.2. The summed E-state index contributed by atoms with van der Waals surface area (Å²) in [5, 5.41) is 2.89. The zero-order valence-electron chi connectivity index (χ0n) is 12.6. The Labute approximate surface area is 130 Å². The van der Waals surface area contributed by atoms with Crippen molar-refractivity contribution in [2.75, 3.05) is 19.0 Å². The molecule has 4 heteroatoms. The van der Waals surface area contributed by atoms with E-state index in [9.17, 15) is 4.79 Å². The SMILES string of the molecule is COc1cccc(NC(=O)Cc2ccc3c(c2)CCCO3)c1. The summed E-state index contributed by atoms with van der Waals surface area (Å²) in [5.74, 6) is 1.64. The largest absolute Gasteiger partial charge is 0.497 e. The highest BCUT2D eigenvalue weighted by molar-refractivity contribution is 5.92. The van der Waals surface area contributed by atoms with Gasteiger partial charge in [-0.3, -0.25) is 4.79 Å². The Balaban J connectivity index is 1.66. The number of methoxy groups -OCH3 is 1. The number of hydrogen-bond donors (Lipinski definition) is 1. The van der Waals surface area contributed by atoms with Crippen molar-refractivity contribution < 1.29 is 14.3 Å². The van der Waals surface area contributed by atoms with Crippen LogP contribution < -0.4 is 14.8 Å². The van der Waals surface area contributed by atoms with Gasteiger partial charge in [0.2, 0.25) is 5.91 Å². The minimum atomic E-state index is -0.0371. The normalized spacial score (nSPS) is 13.0. The van der Waals surface area contributed by atoms with Crippen LogP contribution in [0.5, 0.6) is 11.5 Å². The number of benzene rings is 2. The van der Waals surface area contributed by atoms with Crippen molar-refractivity contribution in [2.45, 2.75) is 19.3 Å². The van der Waals surface area contributed by atoms with Crippen LogP contribution >= 0.6 is 0 Å². The monoisotopic (exact) mass is 297 g/mol. The lowest BCUT2D eigenvalue weighted by Crippen LogP contribution is -2.15. The lowest BCUT2D eigenvalue weighted by Gasteiger charge is -2.17. The lowest BCUT2D eigenvalue weighted by molar-refractivity contribution is -0.115. The Morgan fingerprint density at radius 2 is 2.18 bits per heavy atom. The molecule has 3 rings (SSSR count). The summed E-state index contributed by atoms with van der Waals surface area (Å²) in [5.41, 5.74) is 2.94. The van der Waals surface area contributed by atoms with Crippen molar-refractivity contribution in [3.05, 3.63) is 53.6 Å². The summed E-state index contributed by atoms with van der Waals surface area (Å²) < 4.78 is 10.7. The second-order valence-electron chi connectivity index (χ2n) is 5.35. The molecule has 0 aromatic heterocycles. The molecule has 0 unspecified atom stereocenters. The molecule has 0 saturated heterocycles. The number of fused-ring (bicyclic) bond motifs is 1. The fourth-order valence-electron chi connectivity index (χ4n) is 2.62. The summed E-state index contributed by atoms with van der Waals surface area (Å²) in [6.45, 7) is 0.780. The fourth-order valence-corrected chi connectivity index (χ4v) is 2.62. The van der Waals surface area contributed by atoms with Gasteiger partial charge in [0.05, 0.1) is 20.1 Å². The first-order chi connectivity index (χ1) is 10.7. The Bertz CT molecular complexity index is 682. The fraction of sp³-hybridized carbons (Fsp3) is 0.278. The molecular formula is C18H19NO3. The van der Waals surface area contributed by atoms with Crippen LogP contribution in [0.3, 0.4) is 0 Å². The molecule has 0 atom stereocenters. The number of anilines is 1. The van der Waals surface area contributed by atoms with E-state index < -0.39 is 0 Å². The Morgan fingerprint density at radius 1 is 1.27 bits per heavy atom. The van der Waals surface area contributed by atoms with E-state index in [0.29, 0.717) is 6.42 Å². The maximum atomic E-state index is 12.2. The van der Waals surface area contributed by atoms with Crippen LogP contribution in [-0.2, 0) is 17.6 Å². The molecule has 1 aliphatic rings. The van der Waals surface area contributed by atoms with Crippen LogP contribution in [0.2, 0.25) is 0 Å². The molecule has 0 fully saturated rings. The third-order valence-electron chi connectivity index (χ3n) is 3.69. The quantitative estimate of drug-likeness (QED) is 0.942. The number of aryl methyl sites for hydroxylation is 1. The van der Waals surface area contributed by atoms with E-state index in [1.54, 1.807) is 13.2 Å². The van der Waals surface area contributed by atoms with Crippen molar-refractivity contribution in [3.63, 3.8) is 0 Å². The topological polar surface area (TPSA) is 47.6 Å². The minimum absolute atomic E-state index is 0.0371. The smallest absolute Gasteiger partial charge is 0.228 e. The summed E-state index contributed by atoms with van der Waals surface area (Å²) in [4.78, 5) is 12.2. The standard InChI is InChI=1S/C18H19NO3/c1-21-16-6-2-5-15(12-16)19-18(20)11-13-7-8-17-14(10-13)4-3-9-22-17/h2,5-8,10,12H,3-4,9,11H2,1H3,(H,19,20). The van der Waals surface area contributed by atoms with E-state index in [2.05, 4.69) is 11.4 Å². The van der Waals surface area contributed by atoms with Crippen LogP contribution in [0, 0.1) is 0 Å². The number of hydrogen-bond acceptors (Lipinski definition) is 3. The minimum Gasteiger partial charge on any atom is -0.497 e. The van der Waals surface area contributed by atoms with Gasteiger partial charge in [-0.15, -0.1) is 0 Å². The van der Waals surface area contributed by atoms with Gasteiger partial charge in [0, 0.05) is 11.8 Å². The highest BCUT2D eigenvalue weighted by Gasteiger charge is 2.12. The number of carbonyl (C=O) groups excluding carboxylic acids is 1. The van der Waals surface area contributed by atoms with Gasteiger partial charge in [-0.25, -0.2) is 0 Å². The summed E-state index contributed by atoms with van der Waals surface area (Å²) >= 11 is 0. The van der Waals surface area contributed by atoms with Crippen LogP contribution in [0.25, 0.3) is 0 Å². The zero-order valence-corrected chi connectivity index (χ0v) is 12.6. The van der Waals surface area contributed by atoms with Gasteiger partial charge in [-0.2, -0.15) is 0 Å². The number of ether oxygens (including phenoxy) is 2. The van der Waals surface area contributed by atoms with Crippen LogP contribution in [0.1, 0.15) is 17.5 Å². The average Bonchev–Trinajstić information content (AvgIpc) is 2.55. The first kappa shape index (κ1) is 14.4. The van der Waals surface area contributed by atoms with Gasteiger partial charge >= 0.3 is 0 Å². The number of rotatable bonds is 4. The molecule has 2 aromatic carbocycles. The lowest BCUT2D eigenvalue weighted by atomic mass is 10.0. The third-order valence-corrected chi connectivity index (χ3v) is 3.69. The van der Waals surface area contributed by atoms with Gasteiger partial charge < -0.3 is 14.8 Å². The van der Waals surface area contributed by atoms with Crippen molar-refractivity contribution in [1.29, 1.82) is 0 Å². The highest BCUT2D eigenvalue weighted by Crippen LogP contribution is 2.26. The average molecular weight is 297 g/mol. The summed E-state index contributed by atoms with van der Waals surface area (Å²) in [7, 11) is 1.61. The molecule has 0 spiro atoms. The van der Waals surface area contributed by atoms with Crippen molar-refractivity contribution in [3.8, 4) is 11.5 Å². The van der Waals surface area contributed by atoms with E-state index in [-0.39, 0.29) is 5.91 Å². The number of carbonyl (C=O) groups is 1. The van der Waals surface area contributed by atoms with Gasteiger partial charge in [0.1, 0.15) is 11.5 Å². The van der Waals surface area contributed by atoms with Gasteiger partial charge in [0.25, 0.3) is 0 Å². The van der Waals surface area contributed by atoms with Crippen molar-refractivity contribution in [2.24, 2.45) is 0 Å². The molecule has 22 heavy (non-hydrogen) atoms. The molecule has 1 heterocycles. The Morgan fingerprint density at radius 3 is 3.05 bits per heavy atom. The second kappa shape index (κ2) is 6.52. The molecule has 0 aliphatic carbocycles. The van der Waals surface area contributed by atoms with E-state index >= 15 is 0 Å². The predicted octanol–water partition coefficient (Wildman–Crippen LogP) is 3.20. The molecule has 1 N–H and O–H groups in total. The molecule has 0 saturated carbocycles. The molecule has 0 bridgehead atoms. The van der Waals surface area contributed by atoms with E-state index in [0.717, 1.165) is 42.2 Å². The first-order valence-electron chi connectivity index (χ1n) is 7.43. The molecule has 1 aliphatic heterocycles. The van der Waals surface area contributed by atoms with Crippen LogP contribution in [-0.4, -0.2) is 19.6 Å². The van der Waals surface area contributed by atoms with Crippen molar-refractivity contribution in [1.82, 2.24) is 0 Å². The van der Waals surface area contributed by atoms with E-state index in [1.165, 1.54) is 5.56 Å². The van der Waals surface area contributed by atoms with E-state index in [1.807, 2.05) is 30.3 Å². The maximum Gasteiger partial charge on any atom is 0.228 e. The molecule has 4 nitrogen and oxygen atoms in total. The Hall–Kier alpha value is -2.49. The van der Waals surface area contributed by atoms with Crippen LogP contribution in [0.15, 0.2) is 42.5 Å². The molecule has 2 aromatic rings. The highest BCUT2D eigenvalue weighted by atomic mass is 16.5. The molecular weight excluding hydrogens is 278 g/mol. The van der Waals surface area contributed by atoms with E-state index in [4.69, 9.17) is 9.47 Å². The van der Waals surface area contributed by atoms with Crippen molar-refractivity contribution >= 4 is 11.6 Å². The number of amides is 1. The predicted molar refractivity (Wildman–Crippen MR) is 85.6 cm³/mol. The molecule has 114 valence electrons. The second-order valence-corrected chi connectivity index (χ2v) is 5.35. The van der Waals surface area contributed by atoms with Gasteiger partial charge in [0.15, 0.2) is 0 Å². The Kier molecular flexibility index (Phi) is 4.28. The van der Waals surface area contributed by atoms with Gasteiger partial charge in [-0.05, 0) is 42.2 Å². The van der Waals surface area contributed by atoms with Crippen LogP contribution in [0.4, 0.5) is 5.69 Å².